The Morgan fingerprint density at radius 1 is 1.33 bits per heavy atom. The van der Waals surface area contributed by atoms with Crippen molar-refractivity contribution in [2.24, 2.45) is 0 Å². The second kappa shape index (κ2) is 4.12. The molecule has 12 heavy (non-hydrogen) atoms. The van der Waals surface area contributed by atoms with Crippen LogP contribution in [0, 0.1) is 0 Å². The van der Waals surface area contributed by atoms with E-state index in [-0.39, 0.29) is 0 Å². The number of halogens is 1. The van der Waals surface area contributed by atoms with Crippen LogP contribution < -0.4 is 10.3 Å². The van der Waals surface area contributed by atoms with E-state index >= 15 is 0 Å². The van der Waals surface area contributed by atoms with Crippen LogP contribution >= 0.6 is 11.6 Å². The zero-order chi connectivity index (χ0) is 8.97. The van der Waals surface area contributed by atoms with Gasteiger partial charge in [-0.25, -0.2) is 0 Å². The number of nitrogens with one attached hydrogen (secondary N) is 2. The first-order valence-corrected chi connectivity index (χ1v) is 4.14. The van der Waals surface area contributed by atoms with Gasteiger partial charge in [-0.05, 0) is 24.3 Å². The van der Waals surface area contributed by atoms with Crippen LogP contribution in [0.1, 0.15) is 5.56 Å². The molecular weight excluding hydrogens is 172 g/mol. The minimum Gasteiger partial charge on any atom is -0.277 e. The maximum Gasteiger partial charge on any atom is 0.274 e. The summed E-state index contributed by atoms with van der Waals surface area (Å²) in [5.41, 5.74) is 1.10. The fraction of sp³-hybridized carbons (Fsp3) is 0.222. The van der Waals surface area contributed by atoms with Gasteiger partial charge < -0.3 is 0 Å². The van der Waals surface area contributed by atoms with Gasteiger partial charge in [-0.2, -0.15) is 0 Å². The van der Waals surface area contributed by atoms with E-state index in [1.807, 2.05) is 38.4 Å². The molecule has 0 aliphatic heterocycles. The molecule has 1 rings (SSSR count). The van der Waals surface area contributed by atoms with Gasteiger partial charge in [0.25, 0.3) is 5.84 Å². The average Bonchev–Trinajstić information content (AvgIpc) is 2.10. The number of hydrogen-bond acceptors (Lipinski definition) is 0. The molecule has 0 aliphatic carbocycles. The first-order chi connectivity index (χ1) is 5.77. The fourth-order valence-electron chi connectivity index (χ4n) is 1.03. The van der Waals surface area contributed by atoms with Crippen molar-refractivity contribution in [3.63, 3.8) is 0 Å². The first-order valence-electron chi connectivity index (χ1n) is 3.76. The molecule has 64 valence electrons. The molecular formula is C9H12ClN2+. The highest BCUT2D eigenvalue weighted by Crippen LogP contribution is 2.08. The predicted molar refractivity (Wildman–Crippen MR) is 51.5 cm³/mol. The molecule has 0 atom stereocenters. The lowest BCUT2D eigenvalue weighted by Crippen LogP contribution is -2.71. The Labute approximate surface area is 77.3 Å². The van der Waals surface area contributed by atoms with Crippen LogP contribution in [0.5, 0.6) is 0 Å². The Balaban J connectivity index is 2.96. The molecule has 0 unspecified atom stereocenters. The molecule has 3 heteroatoms. The SMILES string of the molecule is CNC(=[NH+]C)c1ccc(Cl)cc1. The third kappa shape index (κ3) is 1.98. The molecule has 0 aliphatic rings. The largest absolute Gasteiger partial charge is 0.277 e. The molecule has 2 nitrogen and oxygen atoms in total. The minimum absolute atomic E-state index is 0.755. The smallest absolute Gasteiger partial charge is 0.274 e. The van der Waals surface area contributed by atoms with Crippen molar-refractivity contribution in [2.75, 3.05) is 14.1 Å². The minimum atomic E-state index is 0.755. The third-order valence-electron chi connectivity index (χ3n) is 1.63. The van der Waals surface area contributed by atoms with Crippen molar-refractivity contribution >= 4 is 17.4 Å². The lowest BCUT2D eigenvalue weighted by Gasteiger charge is -1.97. The van der Waals surface area contributed by atoms with Crippen molar-refractivity contribution < 1.29 is 4.99 Å². The Hall–Kier alpha value is -1.02. The number of hydrogen-bond donors (Lipinski definition) is 2. The summed E-state index contributed by atoms with van der Waals surface area (Å²) in [5.74, 6) is 0.992. The predicted octanol–water partition coefficient (Wildman–Crippen LogP) is 0.0164. The summed E-state index contributed by atoms with van der Waals surface area (Å²) in [4.78, 5) is 3.05. The van der Waals surface area contributed by atoms with Gasteiger partial charge in [0.05, 0.1) is 19.7 Å². The monoisotopic (exact) mass is 183 g/mol. The summed E-state index contributed by atoms with van der Waals surface area (Å²) in [7, 11) is 3.75. The Morgan fingerprint density at radius 2 is 1.92 bits per heavy atom. The van der Waals surface area contributed by atoms with E-state index in [1.165, 1.54) is 0 Å². The topological polar surface area (TPSA) is 26.0 Å². The third-order valence-corrected chi connectivity index (χ3v) is 1.88. The average molecular weight is 184 g/mol. The highest BCUT2D eigenvalue weighted by atomic mass is 35.5. The summed E-state index contributed by atoms with van der Waals surface area (Å²) in [5, 5.41) is 3.80. The summed E-state index contributed by atoms with van der Waals surface area (Å²) >= 11 is 5.75. The zero-order valence-corrected chi connectivity index (χ0v) is 7.94. The Bertz CT molecular complexity index is 277. The van der Waals surface area contributed by atoms with Gasteiger partial charge in [0.15, 0.2) is 0 Å². The summed E-state index contributed by atoms with van der Waals surface area (Å²) < 4.78 is 0. The van der Waals surface area contributed by atoms with Gasteiger partial charge >= 0.3 is 0 Å². The van der Waals surface area contributed by atoms with Crippen molar-refractivity contribution in [3.8, 4) is 0 Å². The first kappa shape index (κ1) is 9.07. The van der Waals surface area contributed by atoms with Gasteiger partial charge in [-0.3, -0.25) is 10.3 Å². The van der Waals surface area contributed by atoms with Gasteiger partial charge in [0, 0.05) is 5.02 Å². The maximum absolute atomic E-state index is 5.75. The summed E-state index contributed by atoms with van der Waals surface area (Å²) in [6.07, 6.45) is 0. The molecule has 0 amide bonds. The molecule has 0 fully saturated rings. The maximum atomic E-state index is 5.75. The van der Waals surface area contributed by atoms with Gasteiger partial charge in [-0.15, -0.1) is 0 Å². The molecule has 0 bridgehead atoms. The molecule has 0 saturated heterocycles. The van der Waals surface area contributed by atoms with Crippen LogP contribution in [0.4, 0.5) is 0 Å². The molecule has 0 radical (unpaired) electrons. The number of amidine groups is 1. The fourth-order valence-corrected chi connectivity index (χ4v) is 1.16. The van der Waals surface area contributed by atoms with Gasteiger partial charge in [0.1, 0.15) is 0 Å². The second-order valence-corrected chi connectivity index (χ2v) is 2.82. The highest BCUT2D eigenvalue weighted by Gasteiger charge is 2.04. The van der Waals surface area contributed by atoms with Crippen LogP contribution in [0.25, 0.3) is 0 Å². The van der Waals surface area contributed by atoms with Crippen molar-refractivity contribution in [3.05, 3.63) is 34.9 Å². The molecule has 1 aromatic rings. The Morgan fingerprint density at radius 3 is 2.33 bits per heavy atom. The van der Waals surface area contributed by atoms with Crippen molar-refractivity contribution in [2.45, 2.75) is 0 Å². The molecule has 2 N–H and O–H groups in total. The summed E-state index contributed by atoms with van der Waals surface area (Å²) in [6, 6.07) is 7.66. The van der Waals surface area contributed by atoms with E-state index < -0.39 is 0 Å². The van der Waals surface area contributed by atoms with E-state index in [1.54, 1.807) is 0 Å². The van der Waals surface area contributed by atoms with Crippen LogP contribution in [-0.4, -0.2) is 19.9 Å². The Kier molecular flexibility index (Phi) is 3.11. The zero-order valence-electron chi connectivity index (χ0n) is 7.19. The number of benzene rings is 1. The van der Waals surface area contributed by atoms with E-state index in [2.05, 4.69) is 10.3 Å². The van der Waals surface area contributed by atoms with Gasteiger partial charge in [-0.1, -0.05) is 11.6 Å². The standard InChI is InChI=1S/C9H11ClN2/c1-11-9(12-2)7-3-5-8(10)6-4-7/h3-6H,1-2H3,(H,11,12)/p+1. The lowest BCUT2D eigenvalue weighted by molar-refractivity contribution is -0.421. The molecule has 0 saturated carbocycles. The van der Waals surface area contributed by atoms with Crippen LogP contribution in [-0.2, 0) is 0 Å². The van der Waals surface area contributed by atoms with E-state index in [4.69, 9.17) is 11.6 Å². The van der Waals surface area contributed by atoms with E-state index in [9.17, 15) is 0 Å². The molecule has 0 spiro atoms. The lowest BCUT2D eigenvalue weighted by atomic mass is 10.2. The molecule has 0 heterocycles. The van der Waals surface area contributed by atoms with Crippen molar-refractivity contribution in [1.29, 1.82) is 0 Å². The van der Waals surface area contributed by atoms with Crippen LogP contribution in [0.3, 0.4) is 0 Å². The number of rotatable bonds is 1. The second-order valence-electron chi connectivity index (χ2n) is 2.38. The van der Waals surface area contributed by atoms with Gasteiger partial charge in [0.2, 0.25) is 0 Å². The quantitative estimate of drug-likeness (QED) is 0.466. The van der Waals surface area contributed by atoms with Crippen LogP contribution in [0.15, 0.2) is 24.3 Å². The molecule has 1 aromatic carbocycles. The van der Waals surface area contributed by atoms with E-state index in [0.717, 1.165) is 16.4 Å². The van der Waals surface area contributed by atoms with Crippen LogP contribution in [0.2, 0.25) is 5.02 Å². The van der Waals surface area contributed by atoms with Crippen molar-refractivity contribution in [1.82, 2.24) is 5.32 Å². The highest BCUT2D eigenvalue weighted by molar-refractivity contribution is 6.30. The summed E-state index contributed by atoms with van der Waals surface area (Å²) in [6.45, 7) is 0. The molecule has 0 aromatic heterocycles. The van der Waals surface area contributed by atoms with E-state index in [0.29, 0.717) is 0 Å². The normalized spacial score (nSPS) is 11.4.